The van der Waals surface area contributed by atoms with E-state index in [4.69, 9.17) is 11.6 Å². The Hall–Kier alpha value is -2.27. The summed E-state index contributed by atoms with van der Waals surface area (Å²) < 4.78 is 0. The molecule has 3 aromatic rings. The average molecular weight is 371 g/mol. The van der Waals surface area contributed by atoms with Gasteiger partial charge in [0.2, 0.25) is 5.91 Å². The number of carbonyl (C=O) groups excluding carboxylic acids is 1. The van der Waals surface area contributed by atoms with Crippen molar-refractivity contribution >= 4 is 28.4 Å². The molecule has 1 aliphatic rings. The molecule has 136 valence electrons. The quantitative estimate of drug-likeness (QED) is 0.641. The monoisotopic (exact) mass is 370 g/mol. The van der Waals surface area contributed by atoms with E-state index in [2.05, 4.69) is 20.5 Å². The number of hydrogen-bond acceptors (Lipinski definition) is 2. The molecule has 1 amide bonds. The van der Waals surface area contributed by atoms with Crippen molar-refractivity contribution in [2.45, 2.75) is 52.0 Å². The molecular weight excluding hydrogens is 348 g/mol. The van der Waals surface area contributed by atoms with Crippen LogP contribution in [0, 0.1) is 13.8 Å². The third-order valence-corrected chi connectivity index (χ3v) is 5.62. The predicted molar refractivity (Wildman–Crippen MR) is 104 cm³/mol. The van der Waals surface area contributed by atoms with Gasteiger partial charge in [0.15, 0.2) is 0 Å². The molecule has 5 nitrogen and oxygen atoms in total. The number of aryl methyl sites for hydroxylation is 3. The van der Waals surface area contributed by atoms with E-state index in [-0.39, 0.29) is 11.9 Å². The Balaban J connectivity index is 1.49. The Morgan fingerprint density at radius 3 is 3.00 bits per heavy atom. The zero-order chi connectivity index (χ0) is 18.3. The van der Waals surface area contributed by atoms with Gasteiger partial charge in [0.1, 0.15) is 0 Å². The molecular formula is C20H23ClN4O. The standard InChI is InChI=1S/C20H23ClN4O/c1-11-14(12(2)25-24-11)7-9-19(26)22-18-5-3-4-15-16-10-13(21)6-8-17(16)23-20(15)18/h6,8,10,18,23H,3-5,7,9H2,1-2H3,(H,22,26)(H,24,25)/t18-/m0/s1. The Morgan fingerprint density at radius 2 is 2.23 bits per heavy atom. The number of benzene rings is 1. The topological polar surface area (TPSA) is 73.6 Å². The van der Waals surface area contributed by atoms with Gasteiger partial charge in [-0.2, -0.15) is 5.10 Å². The molecule has 0 saturated carbocycles. The van der Waals surface area contributed by atoms with E-state index in [9.17, 15) is 4.79 Å². The Morgan fingerprint density at radius 1 is 1.38 bits per heavy atom. The first-order chi connectivity index (χ1) is 12.5. The number of fused-ring (bicyclic) bond motifs is 3. The van der Waals surface area contributed by atoms with Crippen molar-refractivity contribution in [3.63, 3.8) is 0 Å². The van der Waals surface area contributed by atoms with E-state index in [0.29, 0.717) is 12.8 Å². The van der Waals surface area contributed by atoms with E-state index in [1.54, 1.807) is 0 Å². The molecule has 0 aliphatic heterocycles. The van der Waals surface area contributed by atoms with E-state index in [1.807, 2.05) is 32.0 Å². The third kappa shape index (κ3) is 3.12. The zero-order valence-corrected chi connectivity index (χ0v) is 15.8. The summed E-state index contributed by atoms with van der Waals surface area (Å²) in [6.45, 7) is 3.97. The van der Waals surface area contributed by atoms with Crippen molar-refractivity contribution < 1.29 is 4.79 Å². The van der Waals surface area contributed by atoms with Gasteiger partial charge >= 0.3 is 0 Å². The largest absolute Gasteiger partial charge is 0.356 e. The minimum atomic E-state index is 0.0453. The van der Waals surface area contributed by atoms with Gasteiger partial charge in [-0.1, -0.05) is 11.6 Å². The number of rotatable bonds is 4. The van der Waals surface area contributed by atoms with Gasteiger partial charge in [-0.25, -0.2) is 0 Å². The molecule has 0 unspecified atom stereocenters. The molecule has 0 fully saturated rings. The van der Waals surface area contributed by atoms with Crippen LogP contribution in [0.1, 0.15) is 53.5 Å². The fraction of sp³-hybridized carbons (Fsp3) is 0.400. The summed E-state index contributed by atoms with van der Waals surface area (Å²) in [5.41, 5.74) is 6.68. The molecule has 0 bridgehead atoms. The highest BCUT2D eigenvalue weighted by Gasteiger charge is 2.25. The van der Waals surface area contributed by atoms with Crippen LogP contribution in [0.4, 0.5) is 0 Å². The van der Waals surface area contributed by atoms with E-state index >= 15 is 0 Å². The first kappa shape index (κ1) is 17.2. The van der Waals surface area contributed by atoms with Crippen LogP contribution in [0.2, 0.25) is 5.02 Å². The lowest BCUT2D eigenvalue weighted by atomic mass is 9.91. The van der Waals surface area contributed by atoms with Crippen LogP contribution in [-0.2, 0) is 17.6 Å². The van der Waals surface area contributed by atoms with Crippen LogP contribution in [0.25, 0.3) is 10.9 Å². The molecule has 0 saturated heterocycles. The smallest absolute Gasteiger partial charge is 0.220 e. The summed E-state index contributed by atoms with van der Waals surface area (Å²) in [5, 5.41) is 12.3. The van der Waals surface area contributed by atoms with Gasteiger partial charge in [0, 0.05) is 33.7 Å². The lowest BCUT2D eigenvalue weighted by Gasteiger charge is -2.24. The first-order valence-corrected chi connectivity index (χ1v) is 9.50. The molecule has 6 heteroatoms. The fourth-order valence-corrected chi connectivity index (χ4v) is 4.20. The van der Waals surface area contributed by atoms with Gasteiger partial charge in [-0.15, -0.1) is 0 Å². The van der Waals surface area contributed by atoms with Crippen molar-refractivity contribution in [3.8, 4) is 0 Å². The summed E-state index contributed by atoms with van der Waals surface area (Å²) in [7, 11) is 0. The summed E-state index contributed by atoms with van der Waals surface area (Å²) >= 11 is 6.16. The van der Waals surface area contributed by atoms with Crippen molar-refractivity contribution in [3.05, 3.63) is 51.4 Å². The summed E-state index contributed by atoms with van der Waals surface area (Å²) in [5.74, 6) is 0.0829. The van der Waals surface area contributed by atoms with Gasteiger partial charge in [-0.3, -0.25) is 9.89 Å². The van der Waals surface area contributed by atoms with Gasteiger partial charge in [0.25, 0.3) is 0 Å². The molecule has 2 heterocycles. The Labute approximate surface area is 157 Å². The first-order valence-electron chi connectivity index (χ1n) is 9.12. The number of hydrogen-bond donors (Lipinski definition) is 3. The van der Waals surface area contributed by atoms with Crippen LogP contribution in [0.5, 0.6) is 0 Å². The molecule has 0 spiro atoms. The zero-order valence-electron chi connectivity index (χ0n) is 15.1. The van der Waals surface area contributed by atoms with Gasteiger partial charge in [0.05, 0.1) is 11.7 Å². The minimum Gasteiger partial charge on any atom is -0.356 e. The van der Waals surface area contributed by atoms with E-state index in [1.165, 1.54) is 10.9 Å². The molecule has 3 N–H and O–H groups in total. The fourth-order valence-electron chi connectivity index (χ4n) is 4.03. The molecule has 1 atom stereocenters. The number of carbonyl (C=O) groups is 1. The van der Waals surface area contributed by atoms with E-state index < -0.39 is 0 Å². The number of amides is 1. The maximum atomic E-state index is 12.5. The van der Waals surface area contributed by atoms with Crippen LogP contribution in [-0.4, -0.2) is 21.1 Å². The molecule has 26 heavy (non-hydrogen) atoms. The SMILES string of the molecule is Cc1n[nH]c(C)c1CCC(=O)N[C@H]1CCCc2c1[nH]c1ccc(Cl)cc21. The highest BCUT2D eigenvalue weighted by molar-refractivity contribution is 6.31. The number of aromatic amines is 2. The summed E-state index contributed by atoms with van der Waals surface area (Å²) in [4.78, 5) is 16.0. The van der Waals surface area contributed by atoms with Crippen molar-refractivity contribution in [1.29, 1.82) is 0 Å². The number of halogens is 1. The van der Waals surface area contributed by atoms with Crippen LogP contribution >= 0.6 is 11.6 Å². The third-order valence-electron chi connectivity index (χ3n) is 5.39. The van der Waals surface area contributed by atoms with Gasteiger partial charge < -0.3 is 10.3 Å². The average Bonchev–Trinajstić information content (AvgIpc) is 3.14. The van der Waals surface area contributed by atoms with Crippen LogP contribution < -0.4 is 5.32 Å². The lowest BCUT2D eigenvalue weighted by Crippen LogP contribution is -2.31. The van der Waals surface area contributed by atoms with Crippen LogP contribution in [0.3, 0.4) is 0 Å². The minimum absolute atomic E-state index is 0.0453. The number of nitrogens with zero attached hydrogens (tertiary/aromatic N) is 1. The number of nitrogens with one attached hydrogen (secondary N) is 3. The molecule has 4 rings (SSSR count). The molecule has 1 aliphatic carbocycles. The molecule has 1 aromatic carbocycles. The normalized spacial score (nSPS) is 16.7. The molecule has 0 radical (unpaired) electrons. The Bertz CT molecular complexity index is 952. The second kappa shape index (κ2) is 6.80. The Kier molecular flexibility index (Phi) is 4.49. The highest BCUT2D eigenvalue weighted by Crippen LogP contribution is 2.35. The summed E-state index contributed by atoms with van der Waals surface area (Å²) in [6.07, 6.45) is 4.23. The predicted octanol–water partition coefficient (Wildman–Crippen LogP) is 4.29. The lowest BCUT2D eigenvalue weighted by molar-refractivity contribution is -0.121. The van der Waals surface area contributed by atoms with Crippen molar-refractivity contribution in [2.24, 2.45) is 0 Å². The van der Waals surface area contributed by atoms with Crippen LogP contribution in [0.15, 0.2) is 18.2 Å². The maximum Gasteiger partial charge on any atom is 0.220 e. The summed E-state index contributed by atoms with van der Waals surface area (Å²) in [6, 6.07) is 5.97. The van der Waals surface area contributed by atoms with E-state index in [0.717, 1.165) is 52.4 Å². The second-order valence-corrected chi connectivity index (χ2v) is 7.57. The number of H-pyrrole nitrogens is 2. The highest BCUT2D eigenvalue weighted by atomic mass is 35.5. The molecule has 2 aromatic heterocycles. The van der Waals surface area contributed by atoms with Gasteiger partial charge in [-0.05, 0) is 68.9 Å². The maximum absolute atomic E-state index is 12.5. The number of aromatic nitrogens is 3. The van der Waals surface area contributed by atoms with Crippen molar-refractivity contribution in [2.75, 3.05) is 0 Å². The second-order valence-electron chi connectivity index (χ2n) is 7.13. The van der Waals surface area contributed by atoms with Crippen molar-refractivity contribution in [1.82, 2.24) is 20.5 Å².